The fourth-order valence-electron chi connectivity index (χ4n) is 7.00. The third-order valence-corrected chi connectivity index (χ3v) is 9.29. The highest BCUT2D eigenvalue weighted by molar-refractivity contribution is 6.12. The first kappa shape index (κ1) is 26.5. The van der Waals surface area contributed by atoms with Crippen LogP contribution < -0.4 is 9.47 Å². The highest BCUT2D eigenvalue weighted by Crippen LogP contribution is 2.52. The lowest BCUT2D eigenvalue weighted by Gasteiger charge is -2.35. The van der Waals surface area contributed by atoms with Crippen molar-refractivity contribution in [3.05, 3.63) is 139 Å². The molecule has 0 saturated heterocycles. The van der Waals surface area contributed by atoms with Crippen molar-refractivity contribution in [2.45, 2.75) is 19.3 Å². The number of benzene rings is 5. The largest absolute Gasteiger partial charge is 0.457 e. The Bertz CT molecular complexity index is 2470. The van der Waals surface area contributed by atoms with Crippen LogP contribution in [0.2, 0.25) is 0 Å². The van der Waals surface area contributed by atoms with Crippen molar-refractivity contribution >= 4 is 32.8 Å². The summed E-state index contributed by atoms with van der Waals surface area (Å²) in [6.07, 6.45) is 1.83. The predicted octanol–water partition coefficient (Wildman–Crippen LogP) is 9.96. The summed E-state index contributed by atoms with van der Waals surface area (Å²) in [5, 5.41) is 2.20. The number of aryl methyl sites for hydroxylation is 1. The smallest absolute Gasteiger partial charge is 0.156 e. The second-order valence-corrected chi connectivity index (χ2v) is 12.4. The lowest BCUT2D eigenvalue weighted by molar-refractivity contribution is 0.421. The van der Waals surface area contributed by atoms with Crippen molar-refractivity contribution in [3.8, 4) is 40.2 Å². The van der Waals surface area contributed by atoms with Crippen LogP contribution >= 0.6 is 0 Å². The molecule has 0 radical (unpaired) electrons. The lowest BCUT2D eigenvalue weighted by atomic mass is 9.75. The number of fused-ring (bicyclic) bond motifs is 7. The SMILES string of the molecule is Cn1c(-c2cccc(Oc3ccc4c5ccc6c(c5n(-c5ccccn5)c4c3)Oc3ccccc3C6(C)C)c2)nc2ccccc21. The molecule has 46 heavy (non-hydrogen) atoms. The summed E-state index contributed by atoms with van der Waals surface area (Å²) in [5.41, 5.74) is 7.13. The summed E-state index contributed by atoms with van der Waals surface area (Å²) in [6.45, 7) is 4.53. The molecule has 0 spiro atoms. The molecule has 0 fully saturated rings. The highest BCUT2D eigenvalue weighted by atomic mass is 16.5. The number of pyridine rings is 1. The number of para-hydroxylation sites is 3. The van der Waals surface area contributed by atoms with Crippen LogP contribution in [0.3, 0.4) is 0 Å². The van der Waals surface area contributed by atoms with Crippen LogP contribution in [0.15, 0.2) is 128 Å². The maximum Gasteiger partial charge on any atom is 0.156 e. The van der Waals surface area contributed by atoms with Crippen molar-refractivity contribution in [3.63, 3.8) is 0 Å². The molecule has 4 heterocycles. The van der Waals surface area contributed by atoms with Gasteiger partial charge in [0, 0.05) is 52.2 Å². The zero-order chi connectivity index (χ0) is 31.0. The van der Waals surface area contributed by atoms with Crippen LogP contribution in [0.5, 0.6) is 23.0 Å². The van der Waals surface area contributed by atoms with E-state index in [0.29, 0.717) is 0 Å². The van der Waals surface area contributed by atoms with E-state index in [1.165, 1.54) is 5.56 Å². The minimum atomic E-state index is -0.234. The van der Waals surface area contributed by atoms with Gasteiger partial charge in [0.2, 0.25) is 0 Å². The second kappa shape index (κ2) is 9.81. The van der Waals surface area contributed by atoms with Crippen LogP contribution in [0.4, 0.5) is 0 Å². The minimum Gasteiger partial charge on any atom is -0.457 e. The van der Waals surface area contributed by atoms with Gasteiger partial charge < -0.3 is 14.0 Å². The third kappa shape index (κ3) is 3.90. The summed E-state index contributed by atoms with van der Waals surface area (Å²) in [7, 11) is 2.05. The summed E-state index contributed by atoms with van der Waals surface area (Å²) >= 11 is 0. The van der Waals surface area contributed by atoms with E-state index in [9.17, 15) is 0 Å². The molecule has 0 unspecified atom stereocenters. The van der Waals surface area contributed by atoms with Crippen LogP contribution in [0, 0.1) is 0 Å². The number of aromatic nitrogens is 4. The lowest BCUT2D eigenvalue weighted by Crippen LogP contribution is -2.24. The van der Waals surface area contributed by atoms with E-state index >= 15 is 0 Å². The molecule has 0 bridgehead atoms. The van der Waals surface area contributed by atoms with E-state index in [0.717, 1.165) is 78.6 Å². The maximum atomic E-state index is 6.74. The van der Waals surface area contributed by atoms with Crippen molar-refractivity contribution in [1.82, 2.24) is 19.1 Å². The van der Waals surface area contributed by atoms with Gasteiger partial charge in [-0.25, -0.2) is 9.97 Å². The molecule has 9 rings (SSSR count). The van der Waals surface area contributed by atoms with E-state index < -0.39 is 0 Å². The summed E-state index contributed by atoms with van der Waals surface area (Å²) in [5.74, 6) is 4.93. The number of imidazole rings is 1. The van der Waals surface area contributed by atoms with Gasteiger partial charge in [-0.05, 0) is 54.6 Å². The molecular weight excluding hydrogens is 568 g/mol. The fourth-order valence-corrected chi connectivity index (χ4v) is 7.00. The van der Waals surface area contributed by atoms with Gasteiger partial charge in [0.1, 0.15) is 28.9 Å². The van der Waals surface area contributed by atoms with Gasteiger partial charge in [0.25, 0.3) is 0 Å². The Kier molecular flexibility index (Phi) is 5.66. The summed E-state index contributed by atoms with van der Waals surface area (Å²) in [4.78, 5) is 9.68. The minimum absolute atomic E-state index is 0.234. The monoisotopic (exact) mass is 598 g/mol. The molecule has 0 saturated carbocycles. The molecule has 0 N–H and O–H groups in total. The topological polar surface area (TPSA) is 54.1 Å². The van der Waals surface area contributed by atoms with Gasteiger partial charge in [-0.3, -0.25) is 4.57 Å². The molecule has 5 aromatic carbocycles. The predicted molar refractivity (Wildman–Crippen MR) is 183 cm³/mol. The normalized spacial score (nSPS) is 13.5. The van der Waals surface area contributed by atoms with Crippen molar-refractivity contribution in [2.24, 2.45) is 7.05 Å². The van der Waals surface area contributed by atoms with Crippen molar-refractivity contribution < 1.29 is 9.47 Å². The Labute approximate surface area is 266 Å². The average Bonchev–Trinajstić information content (AvgIpc) is 3.60. The number of hydrogen-bond acceptors (Lipinski definition) is 4. The van der Waals surface area contributed by atoms with Crippen molar-refractivity contribution in [1.29, 1.82) is 0 Å². The highest BCUT2D eigenvalue weighted by Gasteiger charge is 2.36. The first-order chi connectivity index (χ1) is 22.5. The Hall–Kier alpha value is -5.88. The van der Waals surface area contributed by atoms with Crippen LogP contribution in [-0.4, -0.2) is 19.1 Å². The van der Waals surface area contributed by atoms with E-state index in [4.69, 9.17) is 19.4 Å². The Morgan fingerprint density at radius 2 is 1.50 bits per heavy atom. The molecule has 222 valence electrons. The number of nitrogens with zero attached hydrogens (tertiary/aromatic N) is 4. The van der Waals surface area contributed by atoms with Gasteiger partial charge in [-0.1, -0.05) is 74.5 Å². The molecule has 0 aliphatic carbocycles. The summed E-state index contributed by atoms with van der Waals surface area (Å²) in [6, 6.07) is 41.3. The first-order valence-electron chi connectivity index (χ1n) is 15.5. The van der Waals surface area contributed by atoms with Gasteiger partial charge >= 0.3 is 0 Å². The fraction of sp³-hybridized carbons (Fsp3) is 0.100. The average molecular weight is 599 g/mol. The van der Waals surface area contributed by atoms with Crippen LogP contribution in [0.25, 0.3) is 50.0 Å². The molecule has 0 amide bonds. The standard InChI is InChI=1S/C40H30N4O2/c1-40(2)30-13-4-7-16-35(30)46-38-31(40)21-20-29-28-19-18-27(24-34(28)44(37(29)38)36-17-8-9-22-41-36)45-26-12-10-11-25(23-26)39-42-32-14-5-6-15-33(32)43(39)3/h4-24H,1-3H3. The Morgan fingerprint density at radius 3 is 2.37 bits per heavy atom. The van der Waals surface area contributed by atoms with E-state index in [2.05, 4.69) is 77.6 Å². The molecule has 6 heteroatoms. The second-order valence-electron chi connectivity index (χ2n) is 12.4. The molecule has 6 nitrogen and oxygen atoms in total. The molecule has 1 aliphatic rings. The number of hydrogen-bond donors (Lipinski definition) is 0. The molecule has 1 aliphatic heterocycles. The Morgan fingerprint density at radius 1 is 0.696 bits per heavy atom. The zero-order valence-corrected chi connectivity index (χ0v) is 25.7. The van der Waals surface area contributed by atoms with Crippen LogP contribution in [-0.2, 0) is 12.5 Å². The molecule has 0 atom stereocenters. The maximum absolute atomic E-state index is 6.74. The first-order valence-corrected chi connectivity index (χ1v) is 15.5. The van der Waals surface area contributed by atoms with Gasteiger partial charge in [-0.2, -0.15) is 0 Å². The summed E-state index contributed by atoms with van der Waals surface area (Å²) < 4.78 is 17.6. The van der Waals surface area contributed by atoms with Gasteiger partial charge in [0.15, 0.2) is 5.75 Å². The number of rotatable bonds is 4. The van der Waals surface area contributed by atoms with Gasteiger partial charge in [0.05, 0.1) is 22.1 Å². The number of ether oxygens (including phenoxy) is 2. The quantitative estimate of drug-likeness (QED) is 0.202. The zero-order valence-electron chi connectivity index (χ0n) is 25.7. The van der Waals surface area contributed by atoms with Crippen molar-refractivity contribution in [2.75, 3.05) is 0 Å². The molecule has 3 aromatic heterocycles. The Balaban J connectivity index is 1.20. The molecular formula is C40H30N4O2. The van der Waals surface area contributed by atoms with E-state index in [1.807, 2.05) is 80.0 Å². The third-order valence-electron chi connectivity index (χ3n) is 9.29. The van der Waals surface area contributed by atoms with E-state index in [1.54, 1.807) is 0 Å². The van der Waals surface area contributed by atoms with Gasteiger partial charge in [-0.15, -0.1) is 0 Å². The molecule has 8 aromatic rings. The van der Waals surface area contributed by atoms with Crippen LogP contribution in [0.1, 0.15) is 25.0 Å². The van der Waals surface area contributed by atoms with E-state index in [-0.39, 0.29) is 5.41 Å².